The van der Waals surface area contributed by atoms with Crippen LogP contribution in [0.3, 0.4) is 0 Å². The van der Waals surface area contributed by atoms with Crippen LogP contribution in [-0.2, 0) is 12.8 Å². The number of nitrogens with two attached hydrogens (primary N) is 1. The lowest BCUT2D eigenvalue weighted by molar-refractivity contribution is 0.622. The Balaban J connectivity index is 2.20. The van der Waals surface area contributed by atoms with Crippen molar-refractivity contribution in [1.29, 1.82) is 0 Å². The highest BCUT2D eigenvalue weighted by Gasteiger charge is 2.12. The number of aromatic nitrogens is 1. The molecule has 2 N–H and O–H groups in total. The fourth-order valence-electron chi connectivity index (χ4n) is 2.13. The average Bonchev–Trinajstić information content (AvgIpc) is 2.43. The van der Waals surface area contributed by atoms with E-state index in [1.54, 1.807) is 18.3 Å². The van der Waals surface area contributed by atoms with Crippen LogP contribution in [0.15, 0.2) is 36.7 Å². The lowest BCUT2D eigenvalue weighted by atomic mass is 9.96. The molecular weight excluding hydrogens is 263 g/mol. The maximum absolute atomic E-state index is 13.4. The Morgan fingerprint density at radius 3 is 2.84 bits per heavy atom. The molecule has 0 aliphatic carbocycles. The van der Waals surface area contributed by atoms with E-state index < -0.39 is 5.82 Å². The zero-order valence-corrected chi connectivity index (χ0v) is 11.5. The maximum Gasteiger partial charge on any atom is 0.142 e. The molecule has 1 atom stereocenters. The van der Waals surface area contributed by atoms with Gasteiger partial charge in [0.25, 0.3) is 0 Å². The van der Waals surface area contributed by atoms with Crippen LogP contribution in [0.25, 0.3) is 0 Å². The van der Waals surface area contributed by atoms with Gasteiger partial charge in [-0.2, -0.15) is 0 Å². The lowest BCUT2D eigenvalue weighted by Crippen LogP contribution is -2.15. The van der Waals surface area contributed by atoms with Crippen molar-refractivity contribution in [1.82, 2.24) is 4.98 Å². The van der Waals surface area contributed by atoms with Crippen LogP contribution in [0.2, 0.25) is 5.02 Å². The second kappa shape index (κ2) is 6.13. The summed E-state index contributed by atoms with van der Waals surface area (Å²) in [4.78, 5) is 4.10. The normalized spacial score (nSPS) is 12.4. The Kier molecular flexibility index (Phi) is 4.51. The van der Waals surface area contributed by atoms with Crippen molar-refractivity contribution in [2.75, 3.05) is 0 Å². The van der Waals surface area contributed by atoms with Gasteiger partial charge in [0.1, 0.15) is 5.82 Å². The molecule has 0 spiro atoms. The number of hydrogen-bond donors (Lipinski definition) is 1. The molecule has 2 aromatic rings. The molecule has 2 nitrogen and oxygen atoms in total. The molecule has 0 radical (unpaired) electrons. The summed E-state index contributed by atoms with van der Waals surface area (Å²) in [5.41, 5.74) is 9.24. The lowest BCUT2D eigenvalue weighted by Gasteiger charge is -2.15. The van der Waals surface area contributed by atoms with Crippen molar-refractivity contribution >= 4 is 11.6 Å². The van der Waals surface area contributed by atoms with Crippen molar-refractivity contribution in [2.24, 2.45) is 5.73 Å². The van der Waals surface area contributed by atoms with Crippen LogP contribution in [0.4, 0.5) is 4.39 Å². The first-order valence-electron chi connectivity index (χ1n) is 6.24. The van der Waals surface area contributed by atoms with E-state index in [4.69, 9.17) is 17.3 Å². The number of pyridine rings is 1. The number of halogens is 2. The van der Waals surface area contributed by atoms with Gasteiger partial charge in [0, 0.05) is 18.4 Å². The summed E-state index contributed by atoms with van der Waals surface area (Å²) in [7, 11) is 0. The van der Waals surface area contributed by atoms with E-state index in [0.29, 0.717) is 6.42 Å². The van der Waals surface area contributed by atoms with Gasteiger partial charge in [-0.05, 0) is 47.7 Å². The van der Waals surface area contributed by atoms with Crippen molar-refractivity contribution in [3.63, 3.8) is 0 Å². The Bertz CT molecular complexity index is 572. The van der Waals surface area contributed by atoms with Crippen LogP contribution in [-0.4, -0.2) is 4.98 Å². The van der Waals surface area contributed by atoms with Crippen molar-refractivity contribution < 1.29 is 4.39 Å². The first-order chi connectivity index (χ1) is 9.11. The van der Waals surface area contributed by atoms with E-state index >= 15 is 0 Å². The van der Waals surface area contributed by atoms with Gasteiger partial charge in [-0.15, -0.1) is 0 Å². The van der Waals surface area contributed by atoms with Gasteiger partial charge in [-0.25, -0.2) is 4.39 Å². The Hall–Kier alpha value is -1.45. The Morgan fingerprint density at radius 1 is 1.37 bits per heavy atom. The topological polar surface area (TPSA) is 38.9 Å². The largest absolute Gasteiger partial charge is 0.324 e. The molecule has 19 heavy (non-hydrogen) atoms. The summed E-state index contributed by atoms with van der Waals surface area (Å²) in [6.45, 7) is 2.06. The molecule has 100 valence electrons. The number of hydrogen-bond acceptors (Lipinski definition) is 2. The van der Waals surface area contributed by atoms with E-state index in [1.807, 2.05) is 12.3 Å². The summed E-state index contributed by atoms with van der Waals surface area (Å²) in [5.74, 6) is -0.406. The molecule has 1 heterocycles. The highest BCUT2D eigenvalue weighted by Crippen LogP contribution is 2.22. The third kappa shape index (κ3) is 3.31. The molecule has 0 saturated heterocycles. The first kappa shape index (κ1) is 14.0. The van der Waals surface area contributed by atoms with Gasteiger partial charge in [0.15, 0.2) is 0 Å². The monoisotopic (exact) mass is 278 g/mol. The van der Waals surface area contributed by atoms with Crippen LogP contribution in [0, 0.1) is 5.82 Å². The van der Waals surface area contributed by atoms with E-state index in [1.165, 1.54) is 6.07 Å². The molecule has 0 saturated carbocycles. The van der Waals surface area contributed by atoms with Gasteiger partial charge in [0.05, 0.1) is 5.02 Å². The second-order valence-electron chi connectivity index (χ2n) is 4.49. The SMILES string of the molecule is CCc1cnccc1C(N)Cc1ccc(Cl)c(F)c1. The van der Waals surface area contributed by atoms with E-state index in [2.05, 4.69) is 11.9 Å². The van der Waals surface area contributed by atoms with Crippen molar-refractivity contribution in [3.8, 4) is 0 Å². The average molecular weight is 279 g/mol. The van der Waals surface area contributed by atoms with Crippen molar-refractivity contribution in [2.45, 2.75) is 25.8 Å². The number of rotatable bonds is 4. The van der Waals surface area contributed by atoms with Crippen LogP contribution in [0.1, 0.15) is 29.7 Å². The minimum absolute atomic E-state index is 0.135. The summed E-state index contributed by atoms with van der Waals surface area (Å²) < 4.78 is 13.4. The van der Waals surface area contributed by atoms with Crippen LogP contribution in [0.5, 0.6) is 0 Å². The third-order valence-electron chi connectivity index (χ3n) is 3.16. The molecule has 1 aromatic heterocycles. The molecule has 1 unspecified atom stereocenters. The van der Waals surface area contributed by atoms with Crippen LogP contribution >= 0.6 is 11.6 Å². The third-order valence-corrected chi connectivity index (χ3v) is 3.47. The summed E-state index contributed by atoms with van der Waals surface area (Å²) >= 11 is 5.67. The molecule has 0 aliphatic rings. The molecule has 0 fully saturated rings. The van der Waals surface area contributed by atoms with Crippen molar-refractivity contribution in [3.05, 3.63) is 64.2 Å². The molecule has 0 bridgehead atoms. The minimum Gasteiger partial charge on any atom is -0.324 e. The van der Waals surface area contributed by atoms with Gasteiger partial charge >= 0.3 is 0 Å². The maximum atomic E-state index is 13.4. The molecular formula is C15H16ClFN2. The summed E-state index contributed by atoms with van der Waals surface area (Å²) in [5, 5.41) is 0.135. The second-order valence-corrected chi connectivity index (χ2v) is 4.89. The minimum atomic E-state index is -0.406. The quantitative estimate of drug-likeness (QED) is 0.927. The predicted octanol–water partition coefficient (Wildman–Crippen LogP) is 3.68. The fraction of sp³-hybridized carbons (Fsp3) is 0.267. The van der Waals surface area contributed by atoms with E-state index in [0.717, 1.165) is 23.1 Å². The molecule has 4 heteroatoms. The number of aryl methyl sites for hydroxylation is 1. The highest BCUT2D eigenvalue weighted by atomic mass is 35.5. The highest BCUT2D eigenvalue weighted by molar-refractivity contribution is 6.30. The van der Waals surface area contributed by atoms with E-state index in [9.17, 15) is 4.39 Å². The molecule has 1 aromatic carbocycles. The fourth-order valence-corrected chi connectivity index (χ4v) is 2.24. The van der Waals surface area contributed by atoms with E-state index in [-0.39, 0.29) is 11.1 Å². The van der Waals surface area contributed by atoms with Gasteiger partial charge in [-0.1, -0.05) is 24.6 Å². The summed E-state index contributed by atoms with van der Waals surface area (Å²) in [6, 6.07) is 6.56. The van der Waals surface area contributed by atoms with Gasteiger partial charge in [0.2, 0.25) is 0 Å². The number of nitrogens with zero attached hydrogens (tertiary/aromatic N) is 1. The molecule has 0 aliphatic heterocycles. The zero-order chi connectivity index (χ0) is 13.8. The Labute approximate surface area is 117 Å². The molecule has 2 rings (SSSR count). The predicted molar refractivity (Wildman–Crippen MR) is 75.7 cm³/mol. The number of benzene rings is 1. The standard InChI is InChI=1S/C15H16ClFN2/c1-2-11-9-19-6-5-12(11)15(18)8-10-3-4-13(16)14(17)7-10/h3-7,9,15H,2,8,18H2,1H3. The van der Waals surface area contributed by atoms with Gasteiger partial charge < -0.3 is 5.73 Å². The molecule has 0 amide bonds. The van der Waals surface area contributed by atoms with Crippen LogP contribution < -0.4 is 5.73 Å². The first-order valence-corrected chi connectivity index (χ1v) is 6.62. The summed E-state index contributed by atoms with van der Waals surface area (Å²) in [6.07, 6.45) is 5.02. The Morgan fingerprint density at radius 2 is 2.16 bits per heavy atom. The van der Waals surface area contributed by atoms with Gasteiger partial charge in [-0.3, -0.25) is 4.98 Å². The smallest absolute Gasteiger partial charge is 0.142 e. The zero-order valence-electron chi connectivity index (χ0n) is 10.7.